The van der Waals surface area contributed by atoms with Gasteiger partial charge in [0.25, 0.3) is 0 Å². The second kappa shape index (κ2) is 7.12. The van der Waals surface area contributed by atoms with Crippen LogP contribution in [0.15, 0.2) is 36.6 Å². The van der Waals surface area contributed by atoms with E-state index in [0.29, 0.717) is 12.0 Å². The standard InChI is InChI=1S/C19H33N2O/c1-6-15(3)10-16(4)21(13-17(21)5)14-19(22)12-20-9-8-18(7-2)11-20/h7-8,15,17,19,22H,2,4,6,9-14H2,1,3,5H3/q+1. The molecule has 0 radical (unpaired) electrons. The maximum Gasteiger partial charge on any atom is 0.141 e. The Labute approximate surface area is 136 Å². The number of quaternary nitrogens is 1. The van der Waals surface area contributed by atoms with E-state index in [-0.39, 0.29) is 6.10 Å². The maximum atomic E-state index is 10.6. The first kappa shape index (κ1) is 17.5. The normalized spacial score (nSPS) is 30.7. The van der Waals surface area contributed by atoms with E-state index in [1.54, 1.807) is 0 Å². The lowest BCUT2D eigenvalue weighted by molar-refractivity contribution is -0.778. The molecule has 0 bridgehead atoms. The summed E-state index contributed by atoms with van der Waals surface area (Å²) in [4.78, 5) is 2.30. The summed E-state index contributed by atoms with van der Waals surface area (Å²) in [5.74, 6) is 0.686. The highest BCUT2D eigenvalue weighted by atomic mass is 16.3. The first-order valence-corrected chi connectivity index (χ1v) is 8.68. The van der Waals surface area contributed by atoms with Crippen LogP contribution in [0, 0.1) is 5.92 Å². The van der Waals surface area contributed by atoms with Gasteiger partial charge in [-0.15, -0.1) is 0 Å². The number of hydrogen-bond donors (Lipinski definition) is 1. The van der Waals surface area contributed by atoms with E-state index in [0.717, 1.165) is 43.6 Å². The van der Waals surface area contributed by atoms with Crippen molar-refractivity contribution in [3.8, 4) is 0 Å². The lowest BCUT2D eigenvalue weighted by Gasteiger charge is -2.28. The predicted octanol–water partition coefficient (Wildman–Crippen LogP) is 2.94. The molecule has 1 N–H and O–H groups in total. The van der Waals surface area contributed by atoms with E-state index < -0.39 is 0 Å². The molecule has 4 atom stereocenters. The molecular formula is C19H33N2O+. The second-order valence-electron chi connectivity index (χ2n) is 7.36. The number of rotatable bonds is 9. The molecule has 2 rings (SSSR count). The molecule has 0 aromatic heterocycles. The third kappa shape index (κ3) is 3.89. The molecule has 3 nitrogen and oxygen atoms in total. The summed E-state index contributed by atoms with van der Waals surface area (Å²) >= 11 is 0. The number of aliphatic hydroxyl groups excluding tert-OH is 1. The number of nitrogens with zero attached hydrogens (tertiary/aromatic N) is 2. The van der Waals surface area contributed by atoms with Gasteiger partial charge in [0.05, 0.1) is 0 Å². The SMILES string of the molecule is C=CC1=CCN(CC(O)C[N+]2(C(=C)CC(C)CC)CC2C)C1. The van der Waals surface area contributed by atoms with Crippen LogP contribution in [0.2, 0.25) is 0 Å². The minimum Gasteiger partial charge on any atom is -0.386 e. The summed E-state index contributed by atoms with van der Waals surface area (Å²) in [6.45, 7) is 19.5. The average molecular weight is 305 g/mol. The Morgan fingerprint density at radius 3 is 2.77 bits per heavy atom. The summed E-state index contributed by atoms with van der Waals surface area (Å²) in [5, 5.41) is 10.6. The molecule has 0 aromatic rings. The topological polar surface area (TPSA) is 23.5 Å². The minimum absolute atomic E-state index is 0.281. The maximum absolute atomic E-state index is 10.6. The van der Waals surface area contributed by atoms with Crippen LogP contribution in [0.3, 0.4) is 0 Å². The first-order chi connectivity index (χ1) is 10.4. The van der Waals surface area contributed by atoms with Crippen LogP contribution in [0.1, 0.15) is 33.6 Å². The monoisotopic (exact) mass is 305 g/mol. The smallest absolute Gasteiger partial charge is 0.141 e. The van der Waals surface area contributed by atoms with E-state index in [4.69, 9.17) is 0 Å². The fourth-order valence-corrected chi connectivity index (χ4v) is 3.63. The highest BCUT2D eigenvalue weighted by molar-refractivity contribution is 5.22. The lowest BCUT2D eigenvalue weighted by Crippen LogP contribution is -2.42. The van der Waals surface area contributed by atoms with Crippen LogP contribution in [-0.4, -0.2) is 59.4 Å². The Kier molecular flexibility index (Phi) is 5.65. The Hall–Kier alpha value is -0.900. The summed E-state index contributed by atoms with van der Waals surface area (Å²) in [5.41, 5.74) is 2.59. The summed E-state index contributed by atoms with van der Waals surface area (Å²) in [7, 11) is 0. The van der Waals surface area contributed by atoms with Crippen LogP contribution >= 0.6 is 0 Å². The van der Waals surface area contributed by atoms with E-state index in [9.17, 15) is 5.11 Å². The number of allylic oxidation sites excluding steroid dienone is 1. The predicted molar refractivity (Wildman–Crippen MR) is 93.4 cm³/mol. The zero-order chi connectivity index (χ0) is 16.3. The Morgan fingerprint density at radius 1 is 1.59 bits per heavy atom. The summed E-state index contributed by atoms with van der Waals surface area (Å²) in [6.07, 6.45) is 6.11. The second-order valence-corrected chi connectivity index (χ2v) is 7.36. The van der Waals surface area contributed by atoms with E-state index in [1.165, 1.54) is 17.7 Å². The average Bonchev–Trinajstić information content (AvgIpc) is 2.93. The largest absolute Gasteiger partial charge is 0.386 e. The Bertz CT molecular complexity index is 456. The summed E-state index contributed by atoms with van der Waals surface area (Å²) in [6, 6.07) is 0.617. The molecule has 1 fully saturated rings. The number of aliphatic hydroxyl groups is 1. The van der Waals surface area contributed by atoms with Crippen molar-refractivity contribution < 1.29 is 9.59 Å². The molecule has 2 aliphatic heterocycles. The van der Waals surface area contributed by atoms with Gasteiger partial charge in [-0.3, -0.25) is 9.38 Å². The van der Waals surface area contributed by atoms with Gasteiger partial charge in [0.15, 0.2) is 0 Å². The molecule has 3 heteroatoms. The van der Waals surface area contributed by atoms with Gasteiger partial charge in [-0.05, 0) is 25.0 Å². The first-order valence-electron chi connectivity index (χ1n) is 8.68. The van der Waals surface area contributed by atoms with Gasteiger partial charge >= 0.3 is 0 Å². The van der Waals surface area contributed by atoms with Crippen molar-refractivity contribution in [1.29, 1.82) is 0 Å². The van der Waals surface area contributed by atoms with Gasteiger partial charge in [-0.2, -0.15) is 0 Å². The molecule has 1 saturated heterocycles. The van der Waals surface area contributed by atoms with Crippen molar-refractivity contribution >= 4 is 0 Å². The quantitative estimate of drug-likeness (QED) is 0.523. The molecule has 0 saturated carbocycles. The van der Waals surface area contributed by atoms with Gasteiger partial charge in [0.1, 0.15) is 30.9 Å². The van der Waals surface area contributed by atoms with Crippen molar-refractivity contribution in [2.45, 2.75) is 45.8 Å². The molecule has 4 unspecified atom stereocenters. The van der Waals surface area contributed by atoms with Gasteiger partial charge in [-0.1, -0.05) is 39.0 Å². The fraction of sp³-hybridized carbons (Fsp3) is 0.684. The molecule has 0 aliphatic carbocycles. The van der Waals surface area contributed by atoms with Crippen molar-refractivity contribution in [1.82, 2.24) is 4.90 Å². The van der Waals surface area contributed by atoms with Crippen molar-refractivity contribution in [3.63, 3.8) is 0 Å². The van der Waals surface area contributed by atoms with Crippen molar-refractivity contribution in [2.24, 2.45) is 5.92 Å². The van der Waals surface area contributed by atoms with Crippen molar-refractivity contribution in [3.05, 3.63) is 36.6 Å². The Balaban J connectivity index is 1.85. The van der Waals surface area contributed by atoms with Gasteiger partial charge in [-0.25, -0.2) is 0 Å². The van der Waals surface area contributed by atoms with E-state index >= 15 is 0 Å². The van der Waals surface area contributed by atoms with Gasteiger partial charge < -0.3 is 5.11 Å². The van der Waals surface area contributed by atoms with Crippen LogP contribution < -0.4 is 0 Å². The zero-order valence-corrected chi connectivity index (χ0v) is 14.6. The fourth-order valence-electron chi connectivity index (χ4n) is 3.63. The summed E-state index contributed by atoms with van der Waals surface area (Å²) < 4.78 is 0.932. The zero-order valence-electron chi connectivity index (χ0n) is 14.6. The molecule has 0 amide bonds. The lowest BCUT2D eigenvalue weighted by atomic mass is 10.0. The van der Waals surface area contributed by atoms with Gasteiger partial charge in [0, 0.05) is 26.1 Å². The molecule has 2 heterocycles. The molecule has 124 valence electrons. The van der Waals surface area contributed by atoms with Crippen LogP contribution in [0.25, 0.3) is 0 Å². The number of β-amino-alcohol motifs (C(OH)–C–C–N with tert-alkyl or cyclic N) is 1. The van der Waals surface area contributed by atoms with Crippen LogP contribution in [0.4, 0.5) is 0 Å². The highest BCUT2D eigenvalue weighted by Gasteiger charge is 2.54. The molecule has 22 heavy (non-hydrogen) atoms. The highest BCUT2D eigenvalue weighted by Crippen LogP contribution is 2.39. The third-order valence-electron chi connectivity index (χ3n) is 5.50. The van der Waals surface area contributed by atoms with E-state index in [2.05, 4.69) is 44.9 Å². The van der Waals surface area contributed by atoms with Gasteiger partial charge in [0.2, 0.25) is 0 Å². The molecular weight excluding hydrogens is 272 g/mol. The van der Waals surface area contributed by atoms with E-state index in [1.807, 2.05) is 6.08 Å². The molecule has 0 spiro atoms. The number of hydrogen-bond acceptors (Lipinski definition) is 2. The van der Waals surface area contributed by atoms with Crippen LogP contribution in [0.5, 0.6) is 0 Å². The Morgan fingerprint density at radius 2 is 2.27 bits per heavy atom. The third-order valence-corrected chi connectivity index (χ3v) is 5.50. The molecule has 2 aliphatic rings. The minimum atomic E-state index is -0.281. The van der Waals surface area contributed by atoms with Crippen molar-refractivity contribution in [2.75, 3.05) is 32.7 Å². The molecule has 0 aromatic carbocycles. The van der Waals surface area contributed by atoms with Crippen LogP contribution in [-0.2, 0) is 0 Å².